The van der Waals surface area contributed by atoms with Crippen LogP contribution in [0.3, 0.4) is 0 Å². The van der Waals surface area contributed by atoms with Gasteiger partial charge in [-0.15, -0.1) is 16.4 Å². The Kier molecular flexibility index (Phi) is 3.54. The molecule has 1 N–H and O–H groups in total. The number of aliphatic hydroxyl groups is 1. The monoisotopic (exact) mass is 367 g/mol. The van der Waals surface area contributed by atoms with E-state index in [4.69, 9.17) is 4.74 Å². The third-order valence-corrected chi connectivity index (χ3v) is 5.92. The smallest absolute Gasteiger partial charge is 0.141 e. The number of rotatable bonds is 5. The van der Waals surface area contributed by atoms with E-state index in [1.54, 1.807) is 35.7 Å². The maximum atomic E-state index is 11.0. The second-order valence-corrected chi connectivity index (χ2v) is 7.48. The average molecular weight is 367 g/mol. The molecule has 0 bridgehead atoms. The largest absolute Gasteiger partial charge is 0.497 e. The molecule has 1 aliphatic rings. The molecular weight excluding hydrogens is 350 g/mol. The minimum Gasteiger partial charge on any atom is -0.497 e. The third-order valence-electron chi connectivity index (χ3n) is 4.65. The van der Waals surface area contributed by atoms with E-state index < -0.39 is 6.10 Å². The second kappa shape index (κ2) is 5.93. The van der Waals surface area contributed by atoms with Crippen molar-refractivity contribution in [3.63, 3.8) is 0 Å². The average Bonchev–Trinajstić information content (AvgIpc) is 3.09. The molecule has 0 aliphatic heterocycles. The predicted molar refractivity (Wildman–Crippen MR) is 97.0 cm³/mol. The first-order valence-corrected chi connectivity index (χ1v) is 9.25. The zero-order valence-corrected chi connectivity index (χ0v) is 14.9. The first-order valence-electron chi connectivity index (χ1n) is 8.44. The maximum Gasteiger partial charge on any atom is 0.141 e. The number of hydrogen-bond acceptors (Lipinski definition) is 6. The first kappa shape index (κ1) is 15.5. The summed E-state index contributed by atoms with van der Waals surface area (Å²) in [5.74, 6) is 1.28. The number of aromatic nitrogens is 5. The highest BCUT2D eigenvalue weighted by Gasteiger charge is 2.33. The van der Waals surface area contributed by atoms with Gasteiger partial charge < -0.3 is 9.84 Å². The molecule has 1 aliphatic carbocycles. The molecule has 0 spiro atoms. The zero-order valence-electron chi connectivity index (χ0n) is 14.1. The summed E-state index contributed by atoms with van der Waals surface area (Å²) in [6, 6.07) is 7.56. The van der Waals surface area contributed by atoms with Crippen LogP contribution in [0.25, 0.3) is 10.5 Å². The number of imidazole rings is 1. The molecule has 4 aromatic rings. The van der Waals surface area contributed by atoms with Gasteiger partial charge in [0, 0.05) is 10.9 Å². The van der Waals surface area contributed by atoms with Gasteiger partial charge in [0.05, 0.1) is 30.9 Å². The van der Waals surface area contributed by atoms with Gasteiger partial charge in [0.25, 0.3) is 0 Å². The molecule has 8 heteroatoms. The number of benzene rings is 1. The van der Waals surface area contributed by atoms with Crippen molar-refractivity contribution in [2.24, 2.45) is 0 Å². The molecule has 7 nitrogen and oxygen atoms in total. The van der Waals surface area contributed by atoms with Gasteiger partial charge in [-0.3, -0.25) is 4.40 Å². The molecule has 0 saturated heterocycles. The summed E-state index contributed by atoms with van der Waals surface area (Å²) in [7, 11) is 1.63. The number of fused-ring (bicyclic) bond motifs is 1. The summed E-state index contributed by atoms with van der Waals surface area (Å²) in [4.78, 5) is 6.47. The van der Waals surface area contributed by atoms with E-state index in [0.717, 1.165) is 22.0 Å². The van der Waals surface area contributed by atoms with E-state index in [9.17, 15) is 5.11 Å². The fourth-order valence-corrected chi connectivity index (χ4v) is 4.45. The van der Waals surface area contributed by atoms with Gasteiger partial charge in [-0.1, -0.05) is 11.3 Å². The first-order chi connectivity index (χ1) is 12.7. The van der Waals surface area contributed by atoms with Crippen molar-refractivity contribution in [2.75, 3.05) is 7.11 Å². The van der Waals surface area contributed by atoms with E-state index in [1.165, 1.54) is 17.7 Å². The Morgan fingerprint density at radius 2 is 2.23 bits per heavy atom. The van der Waals surface area contributed by atoms with Crippen LogP contribution in [-0.2, 0) is 0 Å². The van der Waals surface area contributed by atoms with Crippen molar-refractivity contribution < 1.29 is 9.84 Å². The fourth-order valence-electron chi connectivity index (χ4n) is 3.15. The summed E-state index contributed by atoms with van der Waals surface area (Å²) in [6.07, 6.45) is 6.85. The Balaban J connectivity index is 1.54. The minimum absolute atomic E-state index is 0.517. The minimum atomic E-state index is -0.840. The molecule has 5 rings (SSSR count). The van der Waals surface area contributed by atoms with Gasteiger partial charge in [-0.2, -0.15) is 0 Å². The van der Waals surface area contributed by atoms with E-state index >= 15 is 0 Å². The van der Waals surface area contributed by atoms with E-state index in [2.05, 4.69) is 15.3 Å². The van der Waals surface area contributed by atoms with Gasteiger partial charge >= 0.3 is 0 Å². The SMILES string of the molecule is COc1cccc(-n2cc(C(O)c3c(C4CC4)sc4cncn34)nn2)c1. The van der Waals surface area contributed by atoms with Crippen LogP contribution in [0.2, 0.25) is 0 Å². The molecule has 3 aromatic heterocycles. The normalized spacial score (nSPS) is 15.5. The lowest BCUT2D eigenvalue weighted by molar-refractivity contribution is 0.208. The van der Waals surface area contributed by atoms with Gasteiger partial charge in [-0.25, -0.2) is 9.67 Å². The molecule has 0 amide bonds. The molecule has 1 atom stereocenters. The van der Waals surface area contributed by atoms with Gasteiger partial charge in [0.15, 0.2) is 0 Å². The van der Waals surface area contributed by atoms with Crippen molar-refractivity contribution in [2.45, 2.75) is 24.9 Å². The van der Waals surface area contributed by atoms with Crippen LogP contribution in [-0.4, -0.2) is 36.6 Å². The van der Waals surface area contributed by atoms with Crippen LogP contribution in [0.1, 0.15) is 41.1 Å². The number of methoxy groups -OCH3 is 1. The van der Waals surface area contributed by atoms with Crippen LogP contribution in [0, 0.1) is 0 Å². The van der Waals surface area contributed by atoms with Crippen molar-refractivity contribution in [3.05, 3.63) is 59.3 Å². The molecule has 0 radical (unpaired) electrons. The Morgan fingerprint density at radius 3 is 3.04 bits per heavy atom. The van der Waals surface area contributed by atoms with Crippen LogP contribution in [0.4, 0.5) is 0 Å². The van der Waals surface area contributed by atoms with E-state index in [0.29, 0.717) is 11.6 Å². The topological polar surface area (TPSA) is 77.5 Å². The molecule has 1 unspecified atom stereocenters. The highest BCUT2D eigenvalue weighted by molar-refractivity contribution is 7.17. The van der Waals surface area contributed by atoms with Crippen molar-refractivity contribution in [3.8, 4) is 11.4 Å². The van der Waals surface area contributed by atoms with Gasteiger partial charge in [-0.05, 0) is 30.9 Å². The van der Waals surface area contributed by atoms with E-state index in [1.807, 2.05) is 34.9 Å². The lowest BCUT2D eigenvalue weighted by Crippen LogP contribution is -2.06. The summed E-state index contributed by atoms with van der Waals surface area (Å²) >= 11 is 1.70. The second-order valence-electron chi connectivity index (χ2n) is 6.42. The number of thiazole rings is 1. The summed E-state index contributed by atoms with van der Waals surface area (Å²) in [5.41, 5.74) is 2.21. The van der Waals surface area contributed by atoms with Crippen molar-refractivity contribution in [1.29, 1.82) is 0 Å². The highest BCUT2D eigenvalue weighted by Crippen LogP contribution is 2.47. The lowest BCUT2D eigenvalue weighted by Gasteiger charge is -2.09. The van der Waals surface area contributed by atoms with Gasteiger partial charge in [0.1, 0.15) is 28.7 Å². The number of hydrogen-bond donors (Lipinski definition) is 1. The Bertz CT molecular complexity index is 1080. The lowest BCUT2D eigenvalue weighted by atomic mass is 10.1. The predicted octanol–water partition coefficient (Wildman–Crippen LogP) is 2.94. The Labute approximate surface area is 153 Å². The summed E-state index contributed by atoms with van der Waals surface area (Å²) in [5, 5.41) is 19.4. The van der Waals surface area contributed by atoms with Crippen LogP contribution in [0.15, 0.2) is 43.0 Å². The molecule has 1 saturated carbocycles. The van der Waals surface area contributed by atoms with Crippen LogP contribution < -0.4 is 4.74 Å². The molecule has 1 aromatic carbocycles. The van der Waals surface area contributed by atoms with Crippen LogP contribution in [0.5, 0.6) is 5.75 Å². The summed E-state index contributed by atoms with van der Waals surface area (Å²) < 4.78 is 8.87. The maximum absolute atomic E-state index is 11.0. The van der Waals surface area contributed by atoms with Crippen LogP contribution >= 0.6 is 11.3 Å². The Morgan fingerprint density at radius 1 is 1.35 bits per heavy atom. The Hall–Kier alpha value is -2.71. The standard InChI is InChI=1S/C18H17N5O2S/c1-25-13-4-2-3-12(7-13)23-9-14(20-21-23)17(24)16-18(11-5-6-11)26-15-8-19-10-22(15)16/h2-4,7-11,17,24H,5-6H2,1H3. The molecule has 132 valence electrons. The number of nitrogens with zero attached hydrogens (tertiary/aromatic N) is 5. The zero-order chi connectivity index (χ0) is 17.7. The molecular formula is C18H17N5O2S. The number of aliphatic hydroxyl groups excluding tert-OH is 1. The highest BCUT2D eigenvalue weighted by atomic mass is 32.1. The van der Waals surface area contributed by atoms with E-state index in [-0.39, 0.29) is 0 Å². The fraction of sp³-hybridized carbons (Fsp3) is 0.278. The van der Waals surface area contributed by atoms with Crippen molar-refractivity contribution in [1.82, 2.24) is 24.4 Å². The van der Waals surface area contributed by atoms with Gasteiger partial charge in [0.2, 0.25) is 0 Å². The number of ether oxygens (including phenoxy) is 1. The summed E-state index contributed by atoms with van der Waals surface area (Å²) in [6.45, 7) is 0. The third kappa shape index (κ3) is 2.49. The van der Waals surface area contributed by atoms with Crippen molar-refractivity contribution >= 4 is 16.2 Å². The quantitative estimate of drug-likeness (QED) is 0.587. The molecule has 26 heavy (non-hydrogen) atoms. The molecule has 3 heterocycles. The molecule has 1 fully saturated rings.